The lowest BCUT2D eigenvalue weighted by atomic mass is 9.92. The molecular weight excluding hydrogens is 358 g/mol. The topological polar surface area (TPSA) is 63.3 Å². The Morgan fingerprint density at radius 1 is 0.966 bits per heavy atom. The third-order valence-corrected chi connectivity index (χ3v) is 4.70. The average molecular weight is 396 g/mol. The molecule has 0 radical (unpaired) electrons. The average Bonchev–Trinajstić information content (AvgIpc) is 2.71. The molecule has 0 aromatic heterocycles. The highest BCUT2D eigenvalue weighted by Gasteiger charge is 2.12. The number of benzene rings is 1. The van der Waals surface area contributed by atoms with Crippen LogP contribution in [-0.4, -0.2) is 11.0 Å². The summed E-state index contributed by atoms with van der Waals surface area (Å²) in [5.74, 6) is -0.0749. The van der Waals surface area contributed by atoms with E-state index in [0.717, 1.165) is 24.8 Å². The second kappa shape index (κ2) is 16.4. The molecule has 0 fully saturated rings. The number of carbonyl (C=O) groups excluding carboxylic acids is 1. The zero-order valence-electron chi connectivity index (χ0n) is 17.8. The molecule has 3 N–H and O–H groups in total. The molecule has 0 aliphatic rings. The Labute approximate surface area is 176 Å². The van der Waals surface area contributed by atoms with Gasteiger partial charge in [0.25, 0.3) is 0 Å². The number of para-hydroxylation sites is 1. The number of aromatic hydroxyl groups is 1. The Balaban J connectivity index is 2.36. The van der Waals surface area contributed by atoms with Crippen LogP contribution in [0, 0.1) is 0 Å². The molecule has 3 nitrogen and oxygen atoms in total. The second-order valence-corrected chi connectivity index (χ2v) is 7.22. The summed E-state index contributed by atoms with van der Waals surface area (Å²) in [7, 11) is 0. The number of amides is 1. The first kappa shape index (κ1) is 24.5. The molecular formula is C26H37NO2. The van der Waals surface area contributed by atoms with Crippen LogP contribution in [0.2, 0.25) is 0 Å². The third kappa shape index (κ3) is 12.5. The molecule has 0 aliphatic carbocycles. The highest BCUT2D eigenvalue weighted by Crippen LogP contribution is 2.30. The molecule has 0 saturated carbocycles. The van der Waals surface area contributed by atoms with Gasteiger partial charge < -0.3 is 10.8 Å². The van der Waals surface area contributed by atoms with Crippen LogP contribution in [0.4, 0.5) is 0 Å². The van der Waals surface area contributed by atoms with Crippen LogP contribution in [0.3, 0.4) is 0 Å². The van der Waals surface area contributed by atoms with Crippen molar-refractivity contribution in [3.05, 3.63) is 78.4 Å². The summed E-state index contributed by atoms with van der Waals surface area (Å²) in [5, 5.41) is 10.1. The smallest absolute Gasteiger partial charge is 0.217 e. The number of carbonyl (C=O) groups is 1. The van der Waals surface area contributed by atoms with Crippen LogP contribution in [0.5, 0.6) is 5.75 Å². The van der Waals surface area contributed by atoms with Crippen molar-refractivity contribution >= 4 is 5.91 Å². The van der Waals surface area contributed by atoms with E-state index in [2.05, 4.69) is 55.5 Å². The maximum atomic E-state index is 11.1. The molecule has 3 heteroatoms. The monoisotopic (exact) mass is 395 g/mol. The molecule has 1 unspecified atom stereocenters. The fraction of sp³-hybridized carbons (Fsp3) is 0.423. The van der Waals surface area contributed by atoms with Crippen LogP contribution in [0.1, 0.15) is 76.2 Å². The molecule has 1 aromatic rings. The highest BCUT2D eigenvalue weighted by molar-refractivity contribution is 5.73. The first-order chi connectivity index (χ1) is 14.1. The number of hydrogen-bond acceptors (Lipinski definition) is 2. The number of allylic oxidation sites excluding steroid dienone is 8. The van der Waals surface area contributed by atoms with Crippen LogP contribution in [0.15, 0.2) is 72.9 Å². The van der Waals surface area contributed by atoms with Crippen molar-refractivity contribution in [2.45, 2.75) is 70.6 Å². The first-order valence-corrected chi connectivity index (χ1v) is 10.8. The van der Waals surface area contributed by atoms with E-state index in [-0.39, 0.29) is 17.6 Å². The van der Waals surface area contributed by atoms with Gasteiger partial charge in [-0.25, -0.2) is 0 Å². The lowest BCUT2D eigenvalue weighted by Gasteiger charge is -2.14. The summed E-state index contributed by atoms with van der Waals surface area (Å²) in [6, 6.07) is 7.26. The van der Waals surface area contributed by atoms with Gasteiger partial charge in [0, 0.05) is 17.9 Å². The van der Waals surface area contributed by atoms with E-state index in [4.69, 9.17) is 5.73 Å². The van der Waals surface area contributed by atoms with Crippen molar-refractivity contribution < 1.29 is 9.90 Å². The largest absolute Gasteiger partial charge is 0.508 e. The molecule has 0 saturated heterocycles. The minimum atomic E-state index is -0.318. The number of rotatable bonds is 15. The van der Waals surface area contributed by atoms with E-state index in [1.807, 2.05) is 12.1 Å². The van der Waals surface area contributed by atoms with Crippen molar-refractivity contribution in [1.82, 2.24) is 0 Å². The van der Waals surface area contributed by atoms with Crippen LogP contribution in [-0.2, 0) is 4.79 Å². The fourth-order valence-electron chi connectivity index (χ4n) is 3.04. The molecule has 1 amide bonds. The van der Waals surface area contributed by atoms with E-state index in [1.54, 1.807) is 12.1 Å². The lowest BCUT2D eigenvalue weighted by Crippen LogP contribution is -2.11. The molecule has 0 bridgehead atoms. The Morgan fingerprint density at radius 2 is 1.59 bits per heavy atom. The van der Waals surface area contributed by atoms with Gasteiger partial charge in [-0.3, -0.25) is 4.79 Å². The van der Waals surface area contributed by atoms with Crippen LogP contribution in [0.25, 0.3) is 0 Å². The second-order valence-electron chi connectivity index (χ2n) is 7.22. The van der Waals surface area contributed by atoms with Crippen LogP contribution < -0.4 is 5.73 Å². The summed E-state index contributed by atoms with van der Waals surface area (Å²) in [4.78, 5) is 11.1. The number of primary amides is 1. The summed E-state index contributed by atoms with van der Waals surface area (Å²) < 4.78 is 0. The third-order valence-electron chi connectivity index (χ3n) is 4.70. The van der Waals surface area contributed by atoms with Gasteiger partial charge in [-0.2, -0.15) is 0 Å². The predicted octanol–water partition coefficient (Wildman–Crippen LogP) is 6.72. The maximum Gasteiger partial charge on any atom is 0.217 e. The van der Waals surface area contributed by atoms with Gasteiger partial charge in [-0.1, -0.05) is 86.6 Å². The minimum Gasteiger partial charge on any atom is -0.508 e. The fourth-order valence-corrected chi connectivity index (χ4v) is 3.04. The van der Waals surface area contributed by atoms with Crippen molar-refractivity contribution in [2.75, 3.05) is 0 Å². The normalized spacial score (nSPS) is 13.3. The van der Waals surface area contributed by atoms with Gasteiger partial charge in [0.05, 0.1) is 0 Å². The van der Waals surface area contributed by atoms with Gasteiger partial charge in [0.2, 0.25) is 5.91 Å². The van der Waals surface area contributed by atoms with Crippen molar-refractivity contribution in [1.29, 1.82) is 0 Å². The molecule has 0 aliphatic heterocycles. The number of nitrogens with two attached hydrogens (primary N) is 1. The Kier molecular flexibility index (Phi) is 13.9. The number of unbranched alkanes of at least 4 members (excludes halogenated alkanes) is 3. The van der Waals surface area contributed by atoms with Gasteiger partial charge in [-0.15, -0.1) is 0 Å². The van der Waals surface area contributed by atoms with Gasteiger partial charge in [-0.05, 0) is 44.6 Å². The zero-order chi connectivity index (χ0) is 21.2. The van der Waals surface area contributed by atoms with Crippen molar-refractivity contribution in [3.63, 3.8) is 0 Å². The quantitative estimate of drug-likeness (QED) is 0.256. The molecule has 158 valence electrons. The number of hydrogen-bond donors (Lipinski definition) is 2. The molecule has 0 heterocycles. The predicted molar refractivity (Wildman–Crippen MR) is 124 cm³/mol. The Morgan fingerprint density at radius 3 is 2.21 bits per heavy atom. The molecule has 0 spiro atoms. The van der Waals surface area contributed by atoms with E-state index in [9.17, 15) is 9.90 Å². The number of phenols is 1. The van der Waals surface area contributed by atoms with E-state index in [0.29, 0.717) is 12.8 Å². The van der Waals surface area contributed by atoms with Gasteiger partial charge >= 0.3 is 0 Å². The molecule has 1 atom stereocenters. The standard InChI is InChI=1S/C26H37NO2/c1-2-3-4-5-6-7-8-9-10-11-12-13-14-15-18-23(21-22-26(27)29)24-19-16-17-20-25(24)28/h6-7,9-10,12-13,15-20,23,28H,2-5,8,11,14,21-22H2,1H3,(H2,27,29)/b7-6-,10-9-,13-12-,18-15-. The SMILES string of the molecule is CCCCC/C=C\C/C=C\C/C=C\C/C=C\C(CCC(N)=O)c1ccccc1O. The number of phenolic OH excluding ortho intramolecular Hbond substituents is 1. The van der Waals surface area contributed by atoms with Gasteiger partial charge in [0.1, 0.15) is 5.75 Å². The summed E-state index contributed by atoms with van der Waals surface area (Å²) in [5.41, 5.74) is 6.12. The molecule has 29 heavy (non-hydrogen) atoms. The first-order valence-electron chi connectivity index (χ1n) is 10.8. The maximum absolute atomic E-state index is 11.1. The van der Waals surface area contributed by atoms with E-state index in [1.165, 1.54) is 25.7 Å². The summed E-state index contributed by atoms with van der Waals surface area (Å²) in [6.45, 7) is 2.23. The van der Waals surface area contributed by atoms with Crippen molar-refractivity contribution in [2.24, 2.45) is 5.73 Å². The highest BCUT2D eigenvalue weighted by atomic mass is 16.3. The summed E-state index contributed by atoms with van der Waals surface area (Å²) >= 11 is 0. The zero-order valence-corrected chi connectivity index (χ0v) is 17.8. The van der Waals surface area contributed by atoms with Crippen LogP contribution >= 0.6 is 0 Å². The molecule has 1 aromatic carbocycles. The van der Waals surface area contributed by atoms with Gasteiger partial charge in [0.15, 0.2) is 0 Å². The minimum absolute atomic E-state index is 0.0129. The van der Waals surface area contributed by atoms with E-state index < -0.39 is 0 Å². The Bertz CT molecular complexity index is 686. The summed E-state index contributed by atoms with van der Waals surface area (Å²) in [6.07, 6.45) is 26.1. The molecule has 1 rings (SSSR count). The van der Waals surface area contributed by atoms with E-state index >= 15 is 0 Å². The Hall–Kier alpha value is -2.55. The van der Waals surface area contributed by atoms with Crippen molar-refractivity contribution in [3.8, 4) is 5.75 Å². The lowest BCUT2D eigenvalue weighted by molar-refractivity contribution is -0.118.